The number of aromatic nitrogens is 1. The number of pyridine rings is 1. The third-order valence-corrected chi connectivity index (χ3v) is 3.93. The van der Waals surface area contributed by atoms with Gasteiger partial charge in [-0.1, -0.05) is 30.3 Å². The first-order valence-corrected chi connectivity index (χ1v) is 8.46. The molecule has 0 radical (unpaired) electrons. The first kappa shape index (κ1) is 18.1. The molecule has 3 aromatic rings. The van der Waals surface area contributed by atoms with Crippen LogP contribution < -0.4 is 10.9 Å². The Morgan fingerprint density at radius 1 is 1.00 bits per heavy atom. The Hall–Kier alpha value is -3.67. The van der Waals surface area contributed by atoms with E-state index in [9.17, 15) is 14.4 Å². The van der Waals surface area contributed by atoms with Gasteiger partial charge in [-0.15, -0.1) is 0 Å². The summed E-state index contributed by atoms with van der Waals surface area (Å²) in [6, 6.07) is 17.2. The van der Waals surface area contributed by atoms with Crippen molar-refractivity contribution in [2.45, 2.75) is 6.92 Å². The first-order chi connectivity index (χ1) is 13.1. The molecule has 0 atom stereocenters. The molecular formula is C21H18N2O4. The second kappa shape index (κ2) is 8.14. The predicted octanol–water partition coefficient (Wildman–Crippen LogP) is 3.47. The van der Waals surface area contributed by atoms with E-state index < -0.39 is 17.4 Å². The number of esters is 1. The second-order valence-electron chi connectivity index (χ2n) is 5.71. The van der Waals surface area contributed by atoms with E-state index in [1.807, 2.05) is 30.3 Å². The van der Waals surface area contributed by atoms with Crippen LogP contribution in [0.4, 0.5) is 5.69 Å². The number of aromatic amines is 1. The maximum Gasteiger partial charge on any atom is 0.338 e. The van der Waals surface area contributed by atoms with Crippen molar-refractivity contribution in [1.29, 1.82) is 0 Å². The molecular weight excluding hydrogens is 344 g/mol. The number of amides is 1. The van der Waals surface area contributed by atoms with Crippen LogP contribution in [0.2, 0.25) is 0 Å². The van der Waals surface area contributed by atoms with Gasteiger partial charge in [0.2, 0.25) is 0 Å². The third-order valence-electron chi connectivity index (χ3n) is 3.93. The molecule has 1 aromatic heterocycles. The predicted molar refractivity (Wildman–Crippen MR) is 103 cm³/mol. The van der Waals surface area contributed by atoms with Crippen LogP contribution in [-0.2, 0) is 4.74 Å². The zero-order valence-electron chi connectivity index (χ0n) is 14.7. The van der Waals surface area contributed by atoms with Gasteiger partial charge in [0.15, 0.2) is 0 Å². The van der Waals surface area contributed by atoms with E-state index >= 15 is 0 Å². The molecule has 0 saturated carbocycles. The molecule has 27 heavy (non-hydrogen) atoms. The molecule has 3 rings (SSSR count). The average molecular weight is 362 g/mol. The van der Waals surface area contributed by atoms with Crippen LogP contribution in [0.5, 0.6) is 0 Å². The van der Waals surface area contributed by atoms with Gasteiger partial charge in [-0.25, -0.2) is 4.79 Å². The van der Waals surface area contributed by atoms with Gasteiger partial charge in [-0.05, 0) is 42.8 Å². The highest BCUT2D eigenvalue weighted by Crippen LogP contribution is 2.21. The summed E-state index contributed by atoms with van der Waals surface area (Å²) in [4.78, 5) is 39.2. The second-order valence-corrected chi connectivity index (χ2v) is 5.71. The van der Waals surface area contributed by atoms with E-state index in [4.69, 9.17) is 4.74 Å². The largest absolute Gasteiger partial charge is 0.462 e. The molecule has 0 bridgehead atoms. The van der Waals surface area contributed by atoms with Crippen molar-refractivity contribution >= 4 is 17.6 Å². The van der Waals surface area contributed by atoms with Crippen molar-refractivity contribution in [2.24, 2.45) is 0 Å². The number of nitrogens with one attached hydrogen (secondary N) is 2. The van der Waals surface area contributed by atoms with Gasteiger partial charge in [-0.3, -0.25) is 9.59 Å². The SMILES string of the molecule is CCOC(=O)c1ccc(NC(=O)c2c(-c3ccccc3)cc[nH]c2=O)cc1. The molecule has 2 N–H and O–H groups in total. The summed E-state index contributed by atoms with van der Waals surface area (Å²) in [5.74, 6) is -0.958. The number of carbonyl (C=O) groups is 2. The molecule has 0 aliphatic carbocycles. The minimum absolute atomic E-state index is 0.0261. The number of H-pyrrole nitrogens is 1. The summed E-state index contributed by atoms with van der Waals surface area (Å²) in [6.45, 7) is 2.02. The van der Waals surface area contributed by atoms with E-state index in [1.54, 1.807) is 37.3 Å². The quantitative estimate of drug-likeness (QED) is 0.680. The lowest BCUT2D eigenvalue weighted by Gasteiger charge is -2.10. The highest BCUT2D eigenvalue weighted by atomic mass is 16.5. The van der Waals surface area contributed by atoms with Crippen LogP contribution in [0, 0.1) is 0 Å². The minimum atomic E-state index is -0.528. The fraction of sp³-hybridized carbons (Fsp3) is 0.0952. The third kappa shape index (κ3) is 4.12. The summed E-state index contributed by atoms with van der Waals surface area (Å²) >= 11 is 0. The van der Waals surface area contributed by atoms with Crippen molar-refractivity contribution in [3.05, 3.63) is 88.3 Å². The van der Waals surface area contributed by atoms with E-state index in [1.165, 1.54) is 6.20 Å². The van der Waals surface area contributed by atoms with Crippen molar-refractivity contribution in [3.63, 3.8) is 0 Å². The van der Waals surface area contributed by atoms with Gasteiger partial charge in [0.1, 0.15) is 5.56 Å². The Labute approximate surface area is 155 Å². The Morgan fingerprint density at radius 3 is 2.37 bits per heavy atom. The summed E-state index contributed by atoms with van der Waals surface area (Å²) in [5, 5.41) is 2.70. The molecule has 6 heteroatoms. The molecule has 0 aliphatic rings. The molecule has 1 amide bonds. The lowest BCUT2D eigenvalue weighted by molar-refractivity contribution is 0.0526. The highest BCUT2D eigenvalue weighted by molar-refractivity contribution is 6.08. The van der Waals surface area contributed by atoms with E-state index in [0.717, 1.165) is 5.56 Å². The molecule has 1 heterocycles. The number of ether oxygens (including phenoxy) is 1. The summed E-state index contributed by atoms with van der Waals surface area (Å²) < 4.78 is 4.93. The molecule has 0 spiro atoms. The van der Waals surface area contributed by atoms with Gasteiger partial charge in [-0.2, -0.15) is 0 Å². The van der Waals surface area contributed by atoms with E-state index in [-0.39, 0.29) is 12.2 Å². The van der Waals surface area contributed by atoms with Gasteiger partial charge in [0, 0.05) is 17.4 Å². The Balaban J connectivity index is 1.87. The van der Waals surface area contributed by atoms with E-state index in [2.05, 4.69) is 10.3 Å². The number of carbonyl (C=O) groups excluding carboxylic acids is 2. The highest BCUT2D eigenvalue weighted by Gasteiger charge is 2.17. The monoisotopic (exact) mass is 362 g/mol. The minimum Gasteiger partial charge on any atom is -0.462 e. The molecule has 6 nitrogen and oxygen atoms in total. The molecule has 0 aliphatic heterocycles. The maximum absolute atomic E-state index is 12.7. The molecule has 0 saturated heterocycles. The fourth-order valence-electron chi connectivity index (χ4n) is 2.66. The molecule has 136 valence electrons. The van der Waals surface area contributed by atoms with Crippen molar-refractivity contribution in [1.82, 2.24) is 4.98 Å². The molecule has 0 unspecified atom stereocenters. The van der Waals surface area contributed by atoms with Crippen LogP contribution in [0.1, 0.15) is 27.6 Å². The summed E-state index contributed by atoms with van der Waals surface area (Å²) in [5.41, 5.74) is 1.72. The normalized spacial score (nSPS) is 10.3. The zero-order chi connectivity index (χ0) is 19.2. The topological polar surface area (TPSA) is 88.3 Å². The van der Waals surface area contributed by atoms with Crippen LogP contribution in [0.25, 0.3) is 11.1 Å². The lowest BCUT2D eigenvalue weighted by atomic mass is 10.0. The van der Waals surface area contributed by atoms with Crippen LogP contribution in [-0.4, -0.2) is 23.5 Å². The number of benzene rings is 2. The molecule has 0 fully saturated rings. The van der Waals surface area contributed by atoms with Crippen LogP contribution >= 0.6 is 0 Å². The number of hydrogen-bond donors (Lipinski definition) is 2. The van der Waals surface area contributed by atoms with Gasteiger partial charge >= 0.3 is 5.97 Å². The van der Waals surface area contributed by atoms with Crippen molar-refractivity contribution in [3.8, 4) is 11.1 Å². The lowest BCUT2D eigenvalue weighted by Crippen LogP contribution is -2.24. The smallest absolute Gasteiger partial charge is 0.338 e. The molecule has 2 aromatic carbocycles. The Bertz CT molecular complexity index is 1010. The summed E-state index contributed by atoms with van der Waals surface area (Å²) in [7, 11) is 0. The number of rotatable bonds is 5. The fourth-order valence-corrected chi connectivity index (χ4v) is 2.66. The standard InChI is InChI=1S/C21H18N2O4/c1-2-27-21(26)15-8-10-16(11-9-15)23-20(25)18-17(12-13-22-19(18)24)14-6-4-3-5-7-14/h3-13H,2H2,1H3,(H,22,24)(H,23,25). The van der Waals surface area contributed by atoms with Gasteiger partial charge in [0.25, 0.3) is 11.5 Å². The van der Waals surface area contributed by atoms with Gasteiger partial charge < -0.3 is 15.0 Å². The zero-order valence-corrected chi connectivity index (χ0v) is 14.7. The Morgan fingerprint density at radius 2 is 1.70 bits per heavy atom. The van der Waals surface area contributed by atoms with Crippen LogP contribution in [0.15, 0.2) is 71.7 Å². The van der Waals surface area contributed by atoms with Gasteiger partial charge in [0.05, 0.1) is 12.2 Å². The van der Waals surface area contributed by atoms with Crippen molar-refractivity contribution in [2.75, 3.05) is 11.9 Å². The summed E-state index contributed by atoms with van der Waals surface area (Å²) in [6.07, 6.45) is 1.51. The maximum atomic E-state index is 12.7. The number of anilines is 1. The Kier molecular flexibility index (Phi) is 5.47. The van der Waals surface area contributed by atoms with Crippen molar-refractivity contribution < 1.29 is 14.3 Å². The van der Waals surface area contributed by atoms with E-state index in [0.29, 0.717) is 16.8 Å². The first-order valence-electron chi connectivity index (χ1n) is 8.46. The van der Waals surface area contributed by atoms with Crippen LogP contribution in [0.3, 0.4) is 0 Å². The number of hydrogen-bond acceptors (Lipinski definition) is 4. The average Bonchev–Trinajstić information content (AvgIpc) is 2.69.